The molecule has 0 spiro atoms. The van der Waals surface area contributed by atoms with Gasteiger partial charge in [-0.1, -0.05) is 29.2 Å². The van der Waals surface area contributed by atoms with Gasteiger partial charge < -0.3 is 4.74 Å². The first-order chi connectivity index (χ1) is 11.7. The van der Waals surface area contributed by atoms with Crippen LogP contribution in [0.4, 0.5) is 5.82 Å². The van der Waals surface area contributed by atoms with Crippen LogP contribution in [0, 0.1) is 6.92 Å². The lowest BCUT2D eigenvalue weighted by molar-refractivity contribution is 0.129. The summed E-state index contributed by atoms with van der Waals surface area (Å²) in [5.74, 6) is 0.666. The van der Waals surface area contributed by atoms with Crippen molar-refractivity contribution in [3.8, 4) is 10.6 Å². The highest BCUT2D eigenvalue weighted by Crippen LogP contribution is 2.23. The van der Waals surface area contributed by atoms with Gasteiger partial charge in [-0.3, -0.25) is 4.57 Å². The molecule has 0 unspecified atom stereocenters. The summed E-state index contributed by atoms with van der Waals surface area (Å²) in [5, 5.41) is 0.764. The lowest BCUT2D eigenvalue weighted by Gasteiger charge is -2.02. The molecule has 0 fully saturated rings. The smallest absolute Gasteiger partial charge is 0.193 e. The molecular formula is C16H17N5OS2. The Labute approximate surface area is 148 Å². The lowest BCUT2D eigenvalue weighted by Crippen LogP contribution is -2.14. The first kappa shape index (κ1) is 16.8. The Hall–Kier alpha value is -2.03. The second-order valence-corrected chi connectivity index (χ2v) is 6.73. The Balaban J connectivity index is 2.09. The van der Waals surface area contributed by atoms with Crippen molar-refractivity contribution in [2.75, 3.05) is 13.4 Å². The van der Waals surface area contributed by atoms with Crippen molar-refractivity contribution >= 4 is 28.9 Å². The van der Waals surface area contributed by atoms with Crippen molar-refractivity contribution < 1.29 is 4.74 Å². The summed E-state index contributed by atoms with van der Waals surface area (Å²) in [6, 6.07) is 7.64. The van der Waals surface area contributed by atoms with Gasteiger partial charge in [-0.15, -0.1) is 0 Å². The van der Waals surface area contributed by atoms with Gasteiger partial charge in [-0.2, -0.15) is 0 Å². The molecule has 0 radical (unpaired) electrons. The minimum Gasteiger partial charge on any atom is -0.364 e. The van der Waals surface area contributed by atoms with Crippen LogP contribution in [0.3, 0.4) is 0 Å². The SMILES string of the molecule is COCn1cc(-c2cc(C)nc(SC)n2)s/c1=N\c1ccccn1. The second-order valence-electron chi connectivity index (χ2n) is 4.95. The van der Waals surface area contributed by atoms with E-state index in [1.165, 1.54) is 11.8 Å². The van der Waals surface area contributed by atoms with E-state index in [1.807, 2.05) is 48.2 Å². The number of rotatable bonds is 5. The molecule has 3 aromatic rings. The zero-order valence-electron chi connectivity index (χ0n) is 13.6. The van der Waals surface area contributed by atoms with E-state index >= 15 is 0 Å². The van der Waals surface area contributed by atoms with Crippen LogP contribution in [0.5, 0.6) is 0 Å². The van der Waals surface area contributed by atoms with E-state index in [9.17, 15) is 0 Å². The number of aryl methyl sites for hydroxylation is 1. The van der Waals surface area contributed by atoms with E-state index in [0.29, 0.717) is 12.5 Å². The van der Waals surface area contributed by atoms with Crippen molar-refractivity contribution in [2.24, 2.45) is 4.99 Å². The predicted molar refractivity (Wildman–Crippen MR) is 96.3 cm³/mol. The van der Waals surface area contributed by atoms with Crippen LogP contribution in [0.1, 0.15) is 5.69 Å². The van der Waals surface area contributed by atoms with Crippen molar-refractivity contribution in [1.82, 2.24) is 19.5 Å². The van der Waals surface area contributed by atoms with Crippen LogP contribution < -0.4 is 4.80 Å². The molecule has 0 amide bonds. The normalized spacial score (nSPS) is 11.9. The highest BCUT2D eigenvalue weighted by Gasteiger charge is 2.09. The average molecular weight is 359 g/mol. The maximum Gasteiger partial charge on any atom is 0.193 e. The van der Waals surface area contributed by atoms with Gasteiger partial charge in [-0.25, -0.2) is 19.9 Å². The number of thiazole rings is 1. The minimum atomic E-state index is 0.418. The Morgan fingerprint density at radius 3 is 2.92 bits per heavy atom. The molecule has 6 nitrogen and oxygen atoms in total. The lowest BCUT2D eigenvalue weighted by atomic mass is 10.3. The second kappa shape index (κ2) is 7.69. The van der Waals surface area contributed by atoms with Gasteiger partial charge in [0, 0.05) is 25.2 Å². The van der Waals surface area contributed by atoms with E-state index in [1.54, 1.807) is 24.6 Å². The van der Waals surface area contributed by atoms with Crippen molar-refractivity contribution in [3.05, 3.63) is 47.2 Å². The van der Waals surface area contributed by atoms with E-state index in [2.05, 4.69) is 19.9 Å². The Morgan fingerprint density at radius 2 is 2.21 bits per heavy atom. The third-order valence-electron chi connectivity index (χ3n) is 3.12. The highest BCUT2D eigenvalue weighted by molar-refractivity contribution is 7.98. The van der Waals surface area contributed by atoms with Crippen LogP contribution in [0.15, 0.2) is 46.8 Å². The van der Waals surface area contributed by atoms with Gasteiger partial charge >= 0.3 is 0 Å². The Morgan fingerprint density at radius 1 is 1.33 bits per heavy atom. The third-order valence-corrected chi connectivity index (χ3v) is 4.71. The summed E-state index contributed by atoms with van der Waals surface area (Å²) in [7, 11) is 1.66. The average Bonchev–Trinajstić information content (AvgIpc) is 2.98. The maximum atomic E-state index is 5.28. The third kappa shape index (κ3) is 3.89. The molecule has 0 aliphatic rings. The summed E-state index contributed by atoms with van der Waals surface area (Å²) in [5.41, 5.74) is 1.84. The fourth-order valence-electron chi connectivity index (χ4n) is 2.09. The fraction of sp³-hybridized carbons (Fsp3) is 0.250. The molecule has 0 aliphatic carbocycles. The molecule has 8 heteroatoms. The van der Waals surface area contributed by atoms with E-state index in [0.717, 1.165) is 26.2 Å². The monoisotopic (exact) mass is 359 g/mol. The molecule has 24 heavy (non-hydrogen) atoms. The number of nitrogens with zero attached hydrogens (tertiary/aromatic N) is 5. The van der Waals surface area contributed by atoms with Crippen LogP contribution in [-0.2, 0) is 11.5 Å². The van der Waals surface area contributed by atoms with Crippen LogP contribution in [0.25, 0.3) is 10.6 Å². The summed E-state index contributed by atoms with van der Waals surface area (Å²) in [4.78, 5) is 19.7. The largest absolute Gasteiger partial charge is 0.364 e. The molecule has 124 valence electrons. The maximum absolute atomic E-state index is 5.28. The van der Waals surface area contributed by atoms with E-state index < -0.39 is 0 Å². The molecule has 0 aromatic carbocycles. The van der Waals surface area contributed by atoms with Gasteiger partial charge in [-0.05, 0) is 31.4 Å². The number of hydrogen-bond acceptors (Lipinski definition) is 7. The van der Waals surface area contributed by atoms with Crippen LogP contribution >= 0.6 is 23.1 Å². The standard InChI is InChI=1S/C16H17N5OS2/c1-11-8-12(19-15(18-11)23-3)13-9-21(10-22-2)16(24-13)20-14-6-4-5-7-17-14/h4-9H,10H2,1-3H3/b20-16-. The van der Waals surface area contributed by atoms with Crippen LogP contribution in [-0.4, -0.2) is 32.9 Å². The zero-order chi connectivity index (χ0) is 16.9. The van der Waals surface area contributed by atoms with Gasteiger partial charge in [0.15, 0.2) is 15.8 Å². The number of thioether (sulfide) groups is 1. The van der Waals surface area contributed by atoms with Gasteiger partial charge in [0.1, 0.15) is 6.73 Å². The first-order valence-electron chi connectivity index (χ1n) is 7.24. The van der Waals surface area contributed by atoms with Gasteiger partial charge in [0.05, 0.1) is 10.6 Å². The molecule has 0 atom stereocenters. The Kier molecular flexibility index (Phi) is 5.39. The molecule has 3 rings (SSSR count). The van der Waals surface area contributed by atoms with Crippen molar-refractivity contribution in [3.63, 3.8) is 0 Å². The first-order valence-corrected chi connectivity index (χ1v) is 9.28. The molecule has 0 saturated carbocycles. The summed E-state index contributed by atoms with van der Waals surface area (Å²) < 4.78 is 7.23. The molecule has 3 aromatic heterocycles. The summed E-state index contributed by atoms with van der Waals surface area (Å²) in [6.07, 6.45) is 5.70. The minimum absolute atomic E-state index is 0.418. The molecular weight excluding hydrogens is 342 g/mol. The topological polar surface area (TPSA) is 65.2 Å². The zero-order valence-corrected chi connectivity index (χ0v) is 15.3. The molecule has 0 N–H and O–H groups in total. The molecule has 0 saturated heterocycles. The molecule has 3 heterocycles. The van der Waals surface area contributed by atoms with Crippen molar-refractivity contribution in [1.29, 1.82) is 0 Å². The summed E-state index contributed by atoms with van der Waals surface area (Å²) >= 11 is 3.09. The van der Waals surface area contributed by atoms with Gasteiger partial charge in [0.2, 0.25) is 0 Å². The van der Waals surface area contributed by atoms with E-state index in [-0.39, 0.29) is 0 Å². The molecule has 0 aliphatic heterocycles. The summed E-state index contributed by atoms with van der Waals surface area (Å²) in [6.45, 7) is 2.39. The number of methoxy groups -OCH3 is 1. The number of pyridine rings is 1. The number of ether oxygens (including phenoxy) is 1. The van der Waals surface area contributed by atoms with Crippen LogP contribution in [0.2, 0.25) is 0 Å². The number of hydrogen-bond donors (Lipinski definition) is 0. The molecule has 0 bridgehead atoms. The van der Waals surface area contributed by atoms with Gasteiger partial charge in [0.25, 0.3) is 0 Å². The van der Waals surface area contributed by atoms with Crippen molar-refractivity contribution in [2.45, 2.75) is 18.8 Å². The fourth-order valence-corrected chi connectivity index (χ4v) is 3.47. The Bertz CT molecular complexity index is 889. The highest BCUT2D eigenvalue weighted by atomic mass is 32.2. The quantitative estimate of drug-likeness (QED) is 0.517. The number of aromatic nitrogens is 4. The predicted octanol–water partition coefficient (Wildman–Crippen LogP) is 3.27. The van der Waals surface area contributed by atoms with E-state index in [4.69, 9.17) is 4.74 Å².